The standard InChI is InChI=1S/C23H23ClF3N3OS/c1-3-9-29-11-17(22(28)23(25,26)27)14-7-5-6-8-15(14)18-12-30(21(31)4-2)13-19-16(18)10-20(24)32-19/h4-8,10-11,18H,2-3,9,12-13,28H2,1H3/t18-/m0/s1. The van der Waals surface area contributed by atoms with Gasteiger partial charge in [0.1, 0.15) is 5.70 Å². The number of rotatable bonds is 6. The molecule has 1 aliphatic rings. The van der Waals surface area contributed by atoms with Crippen molar-refractivity contribution in [3.05, 3.63) is 74.6 Å². The molecule has 3 rings (SSSR count). The van der Waals surface area contributed by atoms with Gasteiger partial charge in [-0.3, -0.25) is 9.79 Å². The molecule has 1 aliphatic heterocycles. The Hall–Kier alpha value is -2.58. The molecule has 1 aromatic carbocycles. The van der Waals surface area contributed by atoms with Crippen molar-refractivity contribution in [3.8, 4) is 0 Å². The van der Waals surface area contributed by atoms with Gasteiger partial charge in [-0.05, 0) is 35.3 Å². The fourth-order valence-corrected chi connectivity index (χ4v) is 5.07. The van der Waals surface area contributed by atoms with Gasteiger partial charge in [0, 0.05) is 35.7 Å². The van der Waals surface area contributed by atoms with Gasteiger partial charge >= 0.3 is 6.18 Å². The number of hydrogen-bond donors (Lipinski definition) is 1. The molecule has 0 saturated heterocycles. The number of nitrogens with zero attached hydrogens (tertiary/aromatic N) is 2. The SMILES string of the molecule is C=CC(=O)N1Cc2sc(Cl)cc2[C@H](c2ccccc2C(C=NCCC)=C(N)C(F)(F)F)C1. The van der Waals surface area contributed by atoms with Gasteiger partial charge in [-0.15, -0.1) is 11.3 Å². The minimum atomic E-state index is -4.71. The molecule has 2 aromatic rings. The predicted octanol–water partition coefficient (Wildman–Crippen LogP) is 5.77. The van der Waals surface area contributed by atoms with Crippen LogP contribution in [0.25, 0.3) is 5.57 Å². The molecule has 0 bridgehead atoms. The fraction of sp³-hybridized carbons (Fsp3) is 0.304. The first-order valence-electron chi connectivity index (χ1n) is 10.0. The van der Waals surface area contributed by atoms with Gasteiger partial charge in [-0.2, -0.15) is 13.2 Å². The lowest BCUT2D eigenvalue weighted by molar-refractivity contribution is -0.127. The van der Waals surface area contributed by atoms with Crippen LogP contribution in [0.4, 0.5) is 13.2 Å². The number of hydrogen-bond acceptors (Lipinski definition) is 4. The van der Waals surface area contributed by atoms with Crippen molar-refractivity contribution in [1.29, 1.82) is 0 Å². The first-order chi connectivity index (χ1) is 15.2. The number of nitrogens with two attached hydrogens (primary N) is 1. The topological polar surface area (TPSA) is 58.7 Å². The monoisotopic (exact) mass is 481 g/mol. The third-order valence-corrected chi connectivity index (χ3v) is 6.47. The normalized spacial score (nSPS) is 17.3. The van der Waals surface area contributed by atoms with Crippen LogP contribution in [0.3, 0.4) is 0 Å². The summed E-state index contributed by atoms with van der Waals surface area (Å²) in [4.78, 5) is 19.0. The molecule has 2 heterocycles. The Kier molecular flexibility index (Phi) is 7.46. The molecule has 0 radical (unpaired) electrons. The van der Waals surface area contributed by atoms with Gasteiger partial charge in [0.05, 0.1) is 10.9 Å². The Labute approximate surface area is 193 Å². The number of benzene rings is 1. The zero-order valence-electron chi connectivity index (χ0n) is 17.5. The summed E-state index contributed by atoms with van der Waals surface area (Å²) in [7, 11) is 0. The van der Waals surface area contributed by atoms with Gasteiger partial charge in [-0.1, -0.05) is 49.4 Å². The van der Waals surface area contributed by atoms with Crippen LogP contribution in [0, 0.1) is 0 Å². The van der Waals surface area contributed by atoms with Crippen molar-refractivity contribution >= 4 is 40.6 Å². The average molecular weight is 482 g/mol. The molecule has 32 heavy (non-hydrogen) atoms. The second-order valence-electron chi connectivity index (χ2n) is 7.35. The summed E-state index contributed by atoms with van der Waals surface area (Å²) in [6.45, 7) is 6.48. The lowest BCUT2D eigenvalue weighted by atomic mass is 9.83. The van der Waals surface area contributed by atoms with E-state index in [9.17, 15) is 18.0 Å². The van der Waals surface area contributed by atoms with E-state index in [2.05, 4.69) is 11.6 Å². The third kappa shape index (κ3) is 5.07. The number of carbonyl (C=O) groups excluding carboxylic acids is 1. The van der Waals surface area contributed by atoms with Crippen LogP contribution in [0.2, 0.25) is 4.34 Å². The Morgan fingerprint density at radius 1 is 1.38 bits per heavy atom. The van der Waals surface area contributed by atoms with Crippen LogP contribution in [0.1, 0.15) is 40.8 Å². The van der Waals surface area contributed by atoms with Crippen molar-refractivity contribution < 1.29 is 18.0 Å². The quantitative estimate of drug-likeness (QED) is 0.420. The molecular formula is C23H23ClF3N3OS. The van der Waals surface area contributed by atoms with E-state index in [4.69, 9.17) is 17.3 Å². The van der Waals surface area contributed by atoms with Gasteiger partial charge in [0.15, 0.2) is 0 Å². The molecule has 0 fully saturated rings. The smallest absolute Gasteiger partial charge is 0.394 e. The molecule has 2 N–H and O–H groups in total. The summed E-state index contributed by atoms with van der Waals surface area (Å²) >= 11 is 7.61. The van der Waals surface area contributed by atoms with Crippen LogP contribution >= 0.6 is 22.9 Å². The highest BCUT2D eigenvalue weighted by atomic mass is 35.5. The molecule has 1 aromatic heterocycles. The van der Waals surface area contributed by atoms with Crippen molar-refractivity contribution in [2.24, 2.45) is 10.7 Å². The van der Waals surface area contributed by atoms with E-state index in [1.807, 2.05) is 13.0 Å². The lowest BCUT2D eigenvalue weighted by Gasteiger charge is -2.33. The molecule has 0 unspecified atom stereocenters. The Morgan fingerprint density at radius 3 is 2.75 bits per heavy atom. The van der Waals surface area contributed by atoms with Crippen molar-refractivity contribution in [2.45, 2.75) is 32.0 Å². The zero-order valence-corrected chi connectivity index (χ0v) is 19.0. The second-order valence-corrected chi connectivity index (χ2v) is 9.12. The van der Waals surface area contributed by atoms with Crippen LogP contribution in [-0.4, -0.2) is 36.3 Å². The number of amides is 1. The Morgan fingerprint density at radius 2 is 2.09 bits per heavy atom. The molecule has 1 atom stereocenters. The molecule has 9 heteroatoms. The number of aliphatic imine (C=N–C) groups is 1. The molecule has 1 amide bonds. The maximum absolute atomic E-state index is 13.6. The summed E-state index contributed by atoms with van der Waals surface area (Å²) in [6.07, 6.45) is -1.60. The summed E-state index contributed by atoms with van der Waals surface area (Å²) < 4.78 is 41.4. The molecule has 0 saturated carbocycles. The number of thiophene rings is 1. The van der Waals surface area contributed by atoms with E-state index in [-0.39, 0.29) is 23.9 Å². The Balaban J connectivity index is 2.19. The number of allylic oxidation sites excluding steroid dienone is 2. The Bertz CT molecular complexity index is 1070. The first-order valence-corrected chi connectivity index (χ1v) is 11.2. The predicted molar refractivity (Wildman–Crippen MR) is 124 cm³/mol. The third-order valence-electron chi connectivity index (χ3n) is 5.21. The molecule has 170 valence electrons. The van der Waals surface area contributed by atoms with E-state index in [1.54, 1.807) is 29.2 Å². The fourth-order valence-electron chi connectivity index (χ4n) is 3.71. The number of alkyl halides is 3. The van der Waals surface area contributed by atoms with Gasteiger partial charge in [0.2, 0.25) is 5.91 Å². The van der Waals surface area contributed by atoms with Crippen LogP contribution in [0.5, 0.6) is 0 Å². The van der Waals surface area contributed by atoms with E-state index >= 15 is 0 Å². The minimum absolute atomic E-state index is 0.184. The van der Waals surface area contributed by atoms with Gasteiger partial charge in [-0.25, -0.2) is 0 Å². The number of halogens is 4. The highest BCUT2D eigenvalue weighted by Gasteiger charge is 2.36. The first kappa shape index (κ1) is 24.1. The van der Waals surface area contributed by atoms with Gasteiger partial charge < -0.3 is 10.6 Å². The average Bonchev–Trinajstić information content (AvgIpc) is 3.14. The highest BCUT2D eigenvalue weighted by molar-refractivity contribution is 7.16. The molecule has 4 nitrogen and oxygen atoms in total. The maximum Gasteiger partial charge on any atom is 0.431 e. The van der Waals surface area contributed by atoms with Gasteiger partial charge in [0.25, 0.3) is 0 Å². The summed E-state index contributed by atoms with van der Waals surface area (Å²) in [6, 6.07) is 8.59. The van der Waals surface area contributed by atoms with Crippen LogP contribution < -0.4 is 5.73 Å². The molecule has 0 spiro atoms. The van der Waals surface area contributed by atoms with Crippen LogP contribution in [-0.2, 0) is 11.3 Å². The molecule has 0 aliphatic carbocycles. The summed E-state index contributed by atoms with van der Waals surface area (Å²) in [5.41, 5.74) is 6.03. The minimum Gasteiger partial charge on any atom is -0.394 e. The van der Waals surface area contributed by atoms with Crippen molar-refractivity contribution in [2.75, 3.05) is 13.1 Å². The largest absolute Gasteiger partial charge is 0.431 e. The van der Waals surface area contributed by atoms with E-state index in [1.165, 1.54) is 23.6 Å². The maximum atomic E-state index is 13.6. The molecular weight excluding hydrogens is 459 g/mol. The highest BCUT2D eigenvalue weighted by Crippen LogP contribution is 2.42. The van der Waals surface area contributed by atoms with E-state index < -0.39 is 11.9 Å². The summed E-state index contributed by atoms with van der Waals surface area (Å²) in [5, 5.41) is 0. The van der Waals surface area contributed by atoms with E-state index in [0.29, 0.717) is 35.0 Å². The lowest BCUT2D eigenvalue weighted by Crippen LogP contribution is -2.37. The zero-order chi connectivity index (χ0) is 23.5. The van der Waals surface area contributed by atoms with E-state index in [0.717, 1.165) is 10.4 Å². The van der Waals surface area contributed by atoms with Crippen LogP contribution in [0.15, 0.2) is 53.7 Å². The number of carbonyl (C=O) groups is 1. The number of fused-ring (bicyclic) bond motifs is 1. The van der Waals surface area contributed by atoms with Crippen molar-refractivity contribution in [3.63, 3.8) is 0 Å². The second kappa shape index (κ2) is 9.92. The van der Waals surface area contributed by atoms with Crippen molar-refractivity contribution in [1.82, 2.24) is 4.90 Å². The summed E-state index contributed by atoms with van der Waals surface area (Å²) in [5.74, 6) is -0.629.